The summed E-state index contributed by atoms with van der Waals surface area (Å²) in [4.78, 5) is 17.3. The molecule has 0 spiro atoms. The van der Waals surface area contributed by atoms with Gasteiger partial charge in [-0.1, -0.05) is 5.21 Å². The highest BCUT2D eigenvalue weighted by atomic mass is 16.7. The molecule has 6 heteroatoms. The summed E-state index contributed by atoms with van der Waals surface area (Å²) in [5.41, 5.74) is 2.23. The lowest BCUT2D eigenvalue weighted by atomic mass is 10.2. The van der Waals surface area contributed by atoms with Gasteiger partial charge in [-0.15, -0.1) is 5.10 Å². The summed E-state index contributed by atoms with van der Waals surface area (Å²) in [6.07, 6.45) is 0.890. The Hall–Kier alpha value is -1.95. The van der Waals surface area contributed by atoms with Gasteiger partial charge in [0, 0.05) is 12.6 Å². The number of aryl methyl sites for hydroxylation is 1. The van der Waals surface area contributed by atoms with E-state index in [4.69, 9.17) is 4.84 Å². The van der Waals surface area contributed by atoms with Crippen LogP contribution in [0.3, 0.4) is 0 Å². The number of aromatic nitrogens is 3. The Kier molecular flexibility index (Phi) is 2.29. The van der Waals surface area contributed by atoms with Crippen molar-refractivity contribution in [1.29, 1.82) is 0 Å². The second kappa shape index (κ2) is 3.81. The van der Waals surface area contributed by atoms with Crippen LogP contribution in [0, 0.1) is 0 Å². The highest BCUT2D eigenvalue weighted by molar-refractivity contribution is 5.96. The molecule has 2 aromatic rings. The summed E-state index contributed by atoms with van der Waals surface area (Å²) in [5, 5.41) is 9.28. The predicted molar refractivity (Wildman–Crippen MR) is 60.1 cm³/mol. The van der Waals surface area contributed by atoms with Gasteiger partial charge in [-0.25, -0.2) is 9.75 Å². The molecule has 17 heavy (non-hydrogen) atoms. The molecule has 1 aliphatic rings. The summed E-state index contributed by atoms with van der Waals surface area (Å²) in [7, 11) is 1.80. The molecule has 0 aliphatic carbocycles. The van der Waals surface area contributed by atoms with Crippen LogP contribution in [0.1, 0.15) is 16.8 Å². The van der Waals surface area contributed by atoms with E-state index in [2.05, 4.69) is 10.3 Å². The van der Waals surface area contributed by atoms with Crippen LogP contribution in [-0.4, -0.2) is 39.1 Å². The number of amides is 1. The smallest absolute Gasteiger partial charge is 0.271 e. The van der Waals surface area contributed by atoms with Crippen LogP contribution in [0.15, 0.2) is 18.2 Å². The minimum Gasteiger partial charge on any atom is -0.271 e. The first-order chi connectivity index (χ1) is 8.25. The molecule has 0 atom stereocenters. The van der Waals surface area contributed by atoms with Crippen molar-refractivity contribution in [3.8, 4) is 0 Å². The van der Waals surface area contributed by atoms with Gasteiger partial charge in [0.05, 0.1) is 18.7 Å². The topological polar surface area (TPSA) is 60.2 Å². The second-order valence-corrected chi connectivity index (χ2v) is 4.01. The number of nitrogens with zero attached hydrogens (tertiary/aromatic N) is 4. The van der Waals surface area contributed by atoms with Crippen molar-refractivity contribution < 1.29 is 9.63 Å². The Labute approximate surface area is 97.7 Å². The van der Waals surface area contributed by atoms with Gasteiger partial charge < -0.3 is 0 Å². The van der Waals surface area contributed by atoms with E-state index in [9.17, 15) is 4.79 Å². The number of benzene rings is 1. The summed E-state index contributed by atoms with van der Waals surface area (Å²) < 4.78 is 1.65. The fourth-order valence-electron chi connectivity index (χ4n) is 1.92. The largest absolute Gasteiger partial charge is 0.277 e. The van der Waals surface area contributed by atoms with E-state index in [1.54, 1.807) is 29.9 Å². The summed E-state index contributed by atoms with van der Waals surface area (Å²) in [6, 6.07) is 5.34. The van der Waals surface area contributed by atoms with E-state index in [0.717, 1.165) is 17.5 Å². The third kappa shape index (κ3) is 1.66. The molecule has 3 rings (SSSR count). The van der Waals surface area contributed by atoms with Crippen molar-refractivity contribution in [3.05, 3.63) is 23.8 Å². The van der Waals surface area contributed by atoms with Crippen molar-refractivity contribution >= 4 is 16.9 Å². The SMILES string of the molecule is Cn1nnc2ccc(C(=O)N3CCCO3)cc21. The second-order valence-electron chi connectivity index (χ2n) is 4.01. The van der Waals surface area contributed by atoms with Crippen LogP contribution in [0.2, 0.25) is 0 Å². The maximum atomic E-state index is 12.1. The van der Waals surface area contributed by atoms with Crippen LogP contribution in [0.4, 0.5) is 0 Å². The third-order valence-corrected chi connectivity index (χ3v) is 2.84. The van der Waals surface area contributed by atoms with Crippen LogP contribution in [0.25, 0.3) is 11.0 Å². The third-order valence-electron chi connectivity index (χ3n) is 2.84. The zero-order chi connectivity index (χ0) is 11.8. The Morgan fingerprint density at radius 1 is 1.47 bits per heavy atom. The van der Waals surface area contributed by atoms with Crippen molar-refractivity contribution in [2.75, 3.05) is 13.2 Å². The molecule has 0 unspecified atom stereocenters. The van der Waals surface area contributed by atoms with Crippen LogP contribution < -0.4 is 0 Å². The van der Waals surface area contributed by atoms with Crippen LogP contribution in [-0.2, 0) is 11.9 Å². The van der Waals surface area contributed by atoms with E-state index in [0.29, 0.717) is 18.7 Å². The Bertz CT molecular complexity index is 572. The van der Waals surface area contributed by atoms with Gasteiger partial charge in [0.25, 0.3) is 5.91 Å². The maximum absolute atomic E-state index is 12.1. The number of rotatable bonds is 1. The molecule has 0 bridgehead atoms. The first-order valence-electron chi connectivity index (χ1n) is 5.50. The standard InChI is InChI=1S/C11H12N4O2/c1-14-10-7-8(3-4-9(10)12-13-14)11(16)15-5-2-6-17-15/h3-4,7H,2,5-6H2,1H3. The van der Waals surface area contributed by atoms with Gasteiger partial charge in [-0.05, 0) is 24.6 Å². The molecular formula is C11H12N4O2. The molecular weight excluding hydrogens is 220 g/mol. The van der Waals surface area contributed by atoms with Gasteiger partial charge in [0.1, 0.15) is 5.52 Å². The molecule has 88 valence electrons. The highest BCUT2D eigenvalue weighted by Gasteiger charge is 2.21. The zero-order valence-electron chi connectivity index (χ0n) is 9.46. The number of hydrogen-bond donors (Lipinski definition) is 0. The molecule has 0 N–H and O–H groups in total. The van der Waals surface area contributed by atoms with Crippen molar-refractivity contribution in [2.45, 2.75) is 6.42 Å². The summed E-state index contributed by atoms with van der Waals surface area (Å²) in [5.74, 6) is -0.106. The lowest BCUT2D eigenvalue weighted by Gasteiger charge is -2.13. The van der Waals surface area contributed by atoms with E-state index < -0.39 is 0 Å². The van der Waals surface area contributed by atoms with Crippen LogP contribution >= 0.6 is 0 Å². The number of hydrogen-bond acceptors (Lipinski definition) is 4. The van der Waals surface area contributed by atoms with Gasteiger partial charge >= 0.3 is 0 Å². The Morgan fingerprint density at radius 3 is 3.12 bits per heavy atom. The molecule has 1 saturated heterocycles. The van der Waals surface area contributed by atoms with Crippen molar-refractivity contribution in [3.63, 3.8) is 0 Å². The first-order valence-corrected chi connectivity index (χ1v) is 5.50. The maximum Gasteiger partial charge on any atom is 0.277 e. The number of carbonyl (C=O) groups is 1. The fourth-order valence-corrected chi connectivity index (χ4v) is 1.92. The summed E-state index contributed by atoms with van der Waals surface area (Å²) >= 11 is 0. The monoisotopic (exact) mass is 232 g/mol. The molecule has 1 amide bonds. The Balaban J connectivity index is 1.99. The summed E-state index contributed by atoms with van der Waals surface area (Å²) in [6.45, 7) is 1.27. The first kappa shape index (κ1) is 10.2. The molecule has 1 aromatic carbocycles. The molecule has 2 heterocycles. The highest BCUT2D eigenvalue weighted by Crippen LogP contribution is 2.16. The lowest BCUT2D eigenvalue weighted by Crippen LogP contribution is -2.26. The Morgan fingerprint density at radius 2 is 2.35 bits per heavy atom. The minimum atomic E-state index is -0.106. The zero-order valence-corrected chi connectivity index (χ0v) is 9.46. The van der Waals surface area contributed by atoms with Gasteiger partial charge in [0.2, 0.25) is 0 Å². The molecule has 6 nitrogen and oxygen atoms in total. The van der Waals surface area contributed by atoms with Gasteiger partial charge in [-0.3, -0.25) is 9.63 Å². The molecule has 1 aliphatic heterocycles. The van der Waals surface area contributed by atoms with E-state index in [1.807, 2.05) is 0 Å². The van der Waals surface area contributed by atoms with E-state index in [-0.39, 0.29) is 5.91 Å². The van der Waals surface area contributed by atoms with Gasteiger partial charge in [-0.2, -0.15) is 0 Å². The molecule has 0 radical (unpaired) electrons. The number of hydroxylamine groups is 2. The lowest BCUT2D eigenvalue weighted by molar-refractivity contribution is -0.0768. The van der Waals surface area contributed by atoms with Crippen molar-refractivity contribution in [1.82, 2.24) is 20.1 Å². The predicted octanol–water partition coefficient (Wildman–Crippen LogP) is 0.746. The van der Waals surface area contributed by atoms with Crippen molar-refractivity contribution in [2.24, 2.45) is 7.05 Å². The quantitative estimate of drug-likeness (QED) is 0.727. The normalized spacial score (nSPS) is 15.7. The average molecular weight is 232 g/mol. The minimum absolute atomic E-state index is 0.106. The number of carbonyl (C=O) groups excluding carboxylic acids is 1. The van der Waals surface area contributed by atoms with Gasteiger partial charge in [0.15, 0.2) is 0 Å². The fraction of sp³-hybridized carbons (Fsp3) is 0.364. The average Bonchev–Trinajstić information content (AvgIpc) is 2.98. The molecule has 1 fully saturated rings. The van der Waals surface area contributed by atoms with E-state index >= 15 is 0 Å². The number of fused-ring (bicyclic) bond motifs is 1. The molecule has 1 aromatic heterocycles. The molecule has 0 saturated carbocycles. The van der Waals surface area contributed by atoms with Crippen LogP contribution in [0.5, 0.6) is 0 Å². The van der Waals surface area contributed by atoms with E-state index in [1.165, 1.54) is 5.06 Å².